The average molecular weight is 551 g/mol. The molecule has 1 atom stereocenters. The number of nitrogens with one attached hydrogen (secondary N) is 3. The van der Waals surface area contributed by atoms with E-state index in [1.165, 1.54) is 0 Å². The Morgan fingerprint density at radius 1 is 0.850 bits per heavy atom. The van der Waals surface area contributed by atoms with Crippen LogP contribution in [0.15, 0.2) is 78.9 Å². The number of likely N-dealkylation sites (tertiary alicyclic amines) is 1. The van der Waals surface area contributed by atoms with Crippen molar-refractivity contribution in [2.45, 2.75) is 30.5 Å². The predicted molar refractivity (Wildman–Crippen MR) is 144 cm³/mol. The number of rotatable bonds is 7. The van der Waals surface area contributed by atoms with Crippen LogP contribution in [0.3, 0.4) is 0 Å². The number of fused-ring (bicyclic) bond motifs is 3. The summed E-state index contributed by atoms with van der Waals surface area (Å²) in [7, 11) is 0. The molecule has 0 saturated carbocycles. The molecular weight excluding hydrogens is 521 g/mol. The first kappa shape index (κ1) is 27.2. The number of hydrogen-bond donors (Lipinski definition) is 3. The number of urea groups is 1. The summed E-state index contributed by atoms with van der Waals surface area (Å²) >= 11 is 0. The van der Waals surface area contributed by atoms with Gasteiger partial charge in [-0.05, 0) is 47.2 Å². The first-order valence-electron chi connectivity index (χ1n) is 13.1. The quantitative estimate of drug-likeness (QED) is 0.411. The Balaban J connectivity index is 1.28. The summed E-state index contributed by atoms with van der Waals surface area (Å²) in [6.07, 6.45) is -3.90. The fraction of sp³-hybridized carbons (Fsp3) is 0.300. The molecular formula is C30H29F3N4O3. The third-order valence-electron chi connectivity index (χ3n) is 7.52. The normalized spacial score (nSPS) is 17.1. The van der Waals surface area contributed by atoms with Crippen LogP contribution in [0, 0.1) is 0 Å². The molecule has 0 aromatic heterocycles. The first-order chi connectivity index (χ1) is 19.2. The molecule has 1 saturated heterocycles. The fourth-order valence-electron chi connectivity index (χ4n) is 5.67. The number of nitrogens with zero attached hydrogens (tertiary/aromatic N) is 1. The van der Waals surface area contributed by atoms with Crippen LogP contribution in [0.25, 0.3) is 11.1 Å². The van der Waals surface area contributed by atoms with Crippen LogP contribution in [-0.2, 0) is 10.2 Å². The second-order valence-corrected chi connectivity index (χ2v) is 10.0. The van der Waals surface area contributed by atoms with Crippen LogP contribution < -0.4 is 16.0 Å². The van der Waals surface area contributed by atoms with Gasteiger partial charge in [0.2, 0.25) is 5.91 Å². The topological polar surface area (TPSA) is 90.5 Å². The zero-order valence-electron chi connectivity index (χ0n) is 21.6. The van der Waals surface area contributed by atoms with Crippen LogP contribution in [-0.4, -0.2) is 61.1 Å². The van der Waals surface area contributed by atoms with Crippen molar-refractivity contribution in [1.82, 2.24) is 20.9 Å². The van der Waals surface area contributed by atoms with E-state index < -0.39 is 24.0 Å². The minimum Gasteiger partial charge on any atom is -0.347 e. The lowest BCUT2D eigenvalue weighted by Crippen LogP contribution is -2.49. The van der Waals surface area contributed by atoms with Gasteiger partial charge in [-0.15, -0.1) is 0 Å². The maximum Gasteiger partial charge on any atom is 0.405 e. The molecule has 1 aliphatic heterocycles. The first-order valence-corrected chi connectivity index (χ1v) is 13.1. The Morgan fingerprint density at radius 2 is 1.45 bits per heavy atom. The molecule has 1 fully saturated rings. The van der Waals surface area contributed by atoms with Gasteiger partial charge in [-0.1, -0.05) is 66.7 Å². The highest BCUT2D eigenvalue weighted by Crippen LogP contribution is 2.50. The van der Waals surface area contributed by atoms with Gasteiger partial charge in [0.1, 0.15) is 12.0 Å². The molecule has 0 spiro atoms. The smallest absolute Gasteiger partial charge is 0.347 e. The number of carbonyl (C=O) groups is 3. The second kappa shape index (κ2) is 11.0. The molecule has 5 rings (SSSR count). The molecule has 0 radical (unpaired) electrons. The Kier molecular flexibility index (Phi) is 7.51. The summed E-state index contributed by atoms with van der Waals surface area (Å²) in [6.45, 7) is -0.631. The summed E-state index contributed by atoms with van der Waals surface area (Å²) < 4.78 is 39.2. The third kappa shape index (κ3) is 5.38. The highest BCUT2D eigenvalue weighted by atomic mass is 19.4. The van der Waals surface area contributed by atoms with Gasteiger partial charge < -0.3 is 20.9 Å². The van der Waals surface area contributed by atoms with Crippen LogP contribution in [0.5, 0.6) is 0 Å². The maximum atomic E-state index is 13.6. The molecule has 0 bridgehead atoms. The molecule has 3 aromatic rings. The zero-order chi connectivity index (χ0) is 28.3. The van der Waals surface area contributed by atoms with Crippen molar-refractivity contribution < 1.29 is 27.6 Å². The van der Waals surface area contributed by atoms with Crippen molar-refractivity contribution in [3.63, 3.8) is 0 Å². The van der Waals surface area contributed by atoms with Gasteiger partial charge in [0.05, 0.1) is 0 Å². The van der Waals surface area contributed by atoms with Crippen LogP contribution in [0.2, 0.25) is 0 Å². The summed E-state index contributed by atoms with van der Waals surface area (Å²) in [5.41, 5.74) is 1.91. The van der Waals surface area contributed by atoms with Gasteiger partial charge in [0, 0.05) is 31.2 Å². The highest BCUT2D eigenvalue weighted by molar-refractivity contribution is 6.00. The van der Waals surface area contributed by atoms with Gasteiger partial charge in [0.15, 0.2) is 0 Å². The zero-order valence-corrected chi connectivity index (χ0v) is 21.6. The summed E-state index contributed by atoms with van der Waals surface area (Å²) in [4.78, 5) is 40.6. The number of amides is 4. The lowest BCUT2D eigenvalue weighted by Gasteiger charge is -2.31. The van der Waals surface area contributed by atoms with Crippen molar-refractivity contribution in [3.05, 3.63) is 95.6 Å². The SMILES string of the molecule is O=C(NC1CCN(C(=O)NCCC2(C(=O)NCC(F)(F)F)c3ccccc3-c3ccccc32)C1)c1ccccc1. The Morgan fingerprint density at radius 3 is 2.08 bits per heavy atom. The van der Waals surface area contributed by atoms with Crippen molar-refractivity contribution in [3.8, 4) is 11.1 Å². The highest BCUT2D eigenvalue weighted by Gasteiger charge is 2.49. The van der Waals surface area contributed by atoms with E-state index in [1.807, 2.05) is 30.3 Å². The van der Waals surface area contributed by atoms with Gasteiger partial charge in [-0.2, -0.15) is 13.2 Å². The largest absolute Gasteiger partial charge is 0.405 e. The number of benzene rings is 3. The van der Waals surface area contributed by atoms with Crippen molar-refractivity contribution in [2.24, 2.45) is 0 Å². The standard InChI is InChI=1S/C30H29F3N4O3/c31-30(32,33)19-35-27(39)29(24-12-6-4-10-22(24)23-11-5-7-13-25(23)29)15-16-34-28(40)37-17-14-21(18-37)36-26(38)20-8-2-1-3-9-20/h1-13,21H,14-19H2,(H,34,40)(H,35,39)(H,36,38). The summed E-state index contributed by atoms with van der Waals surface area (Å²) in [5.74, 6) is -0.973. The molecule has 1 aliphatic carbocycles. The van der Waals surface area contributed by atoms with Crippen molar-refractivity contribution in [2.75, 3.05) is 26.2 Å². The molecule has 10 heteroatoms. The summed E-state index contributed by atoms with van der Waals surface area (Å²) in [5, 5.41) is 7.88. The Bertz CT molecular complexity index is 1370. The lowest BCUT2D eigenvalue weighted by atomic mass is 9.74. The maximum absolute atomic E-state index is 13.6. The van der Waals surface area contributed by atoms with Gasteiger partial charge in [-0.3, -0.25) is 9.59 Å². The molecule has 3 N–H and O–H groups in total. The van der Waals surface area contributed by atoms with Crippen LogP contribution >= 0.6 is 0 Å². The van der Waals surface area contributed by atoms with Crippen molar-refractivity contribution >= 4 is 17.8 Å². The molecule has 1 heterocycles. The van der Waals surface area contributed by atoms with E-state index in [0.29, 0.717) is 36.2 Å². The monoisotopic (exact) mass is 550 g/mol. The molecule has 7 nitrogen and oxygen atoms in total. The second-order valence-electron chi connectivity index (χ2n) is 10.0. The molecule has 3 aromatic carbocycles. The summed E-state index contributed by atoms with van der Waals surface area (Å²) in [6, 6.07) is 22.6. The van der Waals surface area contributed by atoms with E-state index in [-0.39, 0.29) is 30.9 Å². The van der Waals surface area contributed by atoms with Gasteiger partial charge in [-0.25, -0.2) is 4.79 Å². The Hall–Kier alpha value is -4.34. The van der Waals surface area contributed by atoms with E-state index in [9.17, 15) is 27.6 Å². The number of alkyl halides is 3. The molecule has 2 aliphatic rings. The van der Waals surface area contributed by atoms with Crippen LogP contribution in [0.1, 0.15) is 34.3 Å². The lowest BCUT2D eigenvalue weighted by molar-refractivity contribution is -0.141. The van der Waals surface area contributed by atoms with E-state index in [2.05, 4.69) is 16.0 Å². The number of halogens is 3. The average Bonchev–Trinajstić information content (AvgIpc) is 3.53. The molecule has 208 valence electrons. The predicted octanol–water partition coefficient (Wildman–Crippen LogP) is 4.24. The van der Waals surface area contributed by atoms with Gasteiger partial charge in [0.25, 0.3) is 5.91 Å². The van der Waals surface area contributed by atoms with E-state index in [1.54, 1.807) is 53.4 Å². The van der Waals surface area contributed by atoms with Crippen LogP contribution in [0.4, 0.5) is 18.0 Å². The minimum atomic E-state index is -4.56. The third-order valence-corrected chi connectivity index (χ3v) is 7.52. The van der Waals surface area contributed by atoms with Crippen molar-refractivity contribution in [1.29, 1.82) is 0 Å². The van der Waals surface area contributed by atoms with E-state index >= 15 is 0 Å². The molecule has 4 amide bonds. The van der Waals surface area contributed by atoms with E-state index in [0.717, 1.165) is 11.1 Å². The van der Waals surface area contributed by atoms with Gasteiger partial charge >= 0.3 is 12.2 Å². The molecule has 40 heavy (non-hydrogen) atoms. The fourth-order valence-corrected chi connectivity index (χ4v) is 5.67. The number of carbonyl (C=O) groups excluding carboxylic acids is 3. The number of hydrogen-bond acceptors (Lipinski definition) is 3. The molecule has 1 unspecified atom stereocenters. The Labute approximate surface area is 229 Å². The minimum absolute atomic E-state index is 0.0540. The van der Waals surface area contributed by atoms with E-state index in [4.69, 9.17) is 0 Å².